The molecule has 1 rings (SSSR count). The van der Waals surface area contributed by atoms with Crippen LogP contribution in [0.4, 0.5) is 5.82 Å². The van der Waals surface area contributed by atoms with Gasteiger partial charge in [-0.25, -0.2) is 4.98 Å². The summed E-state index contributed by atoms with van der Waals surface area (Å²) in [5.74, 6) is 0.795. The van der Waals surface area contributed by atoms with Crippen molar-refractivity contribution in [3.05, 3.63) is 23.9 Å². The maximum atomic E-state index is 9.04. The third kappa shape index (κ3) is 2.97. The third-order valence-electron chi connectivity index (χ3n) is 1.94. The molecule has 1 unspecified atom stereocenters. The van der Waals surface area contributed by atoms with Crippen LogP contribution < -0.4 is 5.32 Å². The molecule has 1 heterocycles. The first-order valence-corrected chi connectivity index (χ1v) is 4.56. The third-order valence-corrected chi connectivity index (χ3v) is 1.94. The predicted octanol–water partition coefficient (Wildman–Crippen LogP) is 0.809. The first-order valence-electron chi connectivity index (χ1n) is 4.56. The van der Waals surface area contributed by atoms with Crippen molar-refractivity contribution in [1.29, 1.82) is 0 Å². The molecular formula is C10H16N2O2. The van der Waals surface area contributed by atoms with Gasteiger partial charge < -0.3 is 15.2 Å². The SMILES string of the molecule is COCC(CO)Nc1ncccc1C. The molecule has 1 aromatic rings. The van der Waals surface area contributed by atoms with Crippen molar-refractivity contribution in [2.75, 3.05) is 25.6 Å². The van der Waals surface area contributed by atoms with E-state index >= 15 is 0 Å². The first kappa shape index (κ1) is 10.9. The predicted molar refractivity (Wildman–Crippen MR) is 55.3 cm³/mol. The number of rotatable bonds is 5. The van der Waals surface area contributed by atoms with Crippen LogP contribution in [0.15, 0.2) is 18.3 Å². The lowest BCUT2D eigenvalue weighted by atomic mass is 10.2. The molecule has 0 amide bonds. The van der Waals surface area contributed by atoms with Crippen molar-refractivity contribution in [2.45, 2.75) is 13.0 Å². The summed E-state index contributed by atoms with van der Waals surface area (Å²) >= 11 is 0. The summed E-state index contributed by atoms with van der Waals surface area (Å²) in [4.78, 5) is 4.17. The van der Waals surface area contributed by atoms with Gasteiger partial charge in [-0.15, -0.1) is 0 Å². The summed E-state index contributed by atoms with van der Waals surface area (Å²) in [6, 6.07) is 3.75. The van der Waals surface area contributed by atoms with Crippen molar-refractivity contribution < 1.29 is 9.84 Å². The van der Waals surface area contributed by atoms with Crippen molar-refractivity contribution >= 4 is 5.82 Å². The number of hydrogen-bond donors (Lipinski definition) is 2. The summed E-state index contributed by atoms with van der Waals surface area (Å²) in [5, 5.41) is 12.2. The molecule has 0 fully saturated rings. The van der Waals surface area contributed by atoms with Crippen LogP contribution in [-0.4, -0.2) is 36.5 Å². The normalized spacial score (nSPS) is 12.5. The Kier molecular flexibility index (Phi) is 4.35. The van der Waals surface area contributed by atoms with Gasteiger partial charge >= 0.3 is 0 Å². The van der Waals surface area contributed by atoms with E-state index < -0.39 is 0 Å². The zero-order valence-corrected chi connectivity index (χ0v) is 8.53. The fourth-order valence-corrected chi connectivity index (χ4v) is 1.17. The number of anilines is 1. The quantitative estimate of drug-likeness (QED) is 0.731. The molecule has 1 aromatic heterocycles. The van der Waals surface area contributed by atoms with Crippen LogP contribution >= 0.6 is 0 Å². The number of aliphatic hydroxyl groups excluding tert-OH is 1. The summed E-state index contributed by atoms with van der Waals surface area (Å²) in [6.07, 6.45) is 1.72. The molecule has 0 bridgehead atoms. The monoisotopic (exact) mass is 196 g/mol. The van der Waals surface area contributed by atoms with Gasteiger partial charge in [-0.05, 0) is 18.6 Å². The van der Waals surface area contributed by atoms with E-state index in [0.717, 1.165) is 11.4 Å². The highest BCUT2D eigenvalue weighted by atomic mass is 16.5. The van der Waals surface area contributed by atoms with Gasteiger partial charge in [0.1, 0.15) is 5.82 Å². The smallest absolute Gasteiger partial charge is 0.129 e. The molecule has 2 N–H and O–H groups in total. The van der Waals surface area contributed by atoms with Gasteiger partial charge in [0.25, 0.3) is 0 Å². The van der Waals surface area contributed by atoms with Crippen LogP contribution in [0.3, 0.4) is 0 Å². The maximum absolute atomic E-state index is 9.04. The summed E-state index contributed by atoms with van der Waals surface area (Å²) < 4.78 is 4.96. The second-order valence-electron chi connectivity index (χ2n) is 3.15. The van der Waals surface area contributed by atoms with Crippen LogP contribution in [0.2, 0.25) is 0 Å². The standard InChI is InChI=1S/C10H16N2O2/c1-8-4-3-5-11-10(8)12-9(6-13)7-14-2/h3-5,9,13H,6-7H2,1-2H3,(H,11,12). The van der Waals surface area contributed by atoms with Gasteiger partial charge in [-0.1, -0.05) is 6.07 Å². The lowest BCUT2D eigenvalue weighted by Gasteiger charge is -2.16. The molecule has 0 radical (unpaired) electrons. The Labute approximate surface area is 83.9 Å². The average Bonchev–Trinajstić information content (AvgIpc) is 2.20. The topological polar surface area (TPSA) is 54.4 Å². The van der Waals surface area contributed by atoms with Crippen LogP contribution in [0.5, 0.6) is 0 Å². The van der Waals surface area contributed by atoms with Crippen molar-refractivity contribution in [2.24, 2.45) is 0 Å². The molecule has 0 aromatic carbocycles. The van der Waals surface area contributed by atoms with Gasteiger partial charge in [0.05, 0.1) is 19.3 Å². The second-order valence-corrected chi connectivity index (χ2v) is 3.15. The van der Waals surface area contributed by atoms with Crippen LogP contribution in [0.25, 0.3) is 0 Å². The number of nitrogens with zero attached hydrogens (tertiary/aromatic N) is 1. The highest BCUT2D eigenvalue weighted by molar-refractivity contribution is 5.43. The fraction of sp³-hybridized carbons (Fsp3) is 0.500. The largest absolute Gasteiger partial charge is 0.394 e. The summed E-state index contributed by atoms with van der Waals surface area (Å²) in [7, 11) is 1.61. The number of pyridine rings is 1. The minimum Gasteiger partial charge on any atom is -0.394 e. The molecule has 0 aliphatic rings. The molecule has 4 heteroatoms. The summed E-state index contributed by atoms with van der Waals surface area (Å²) in [5.41, 5.74) is 1.06. The molecule has 0 saturated carbocycles. The van der Waals surface area contributed by atoms with E-state index in [4.69, 9.17) is 9.84 Å². The molecule has 0 saturated heterocycles. The lowest BCUT2D eigenvalue weighted by molar-refractivity contribution is 0.153. The van der Waals surface area contributed by atoms with Crippen LogP contribution in [0, 0.1) is 6.92 Å². The number of aryl methyl sites for hydroxylation is 1. The second kappa shape index (κ2) is 5.57. The first-order chi connectivity index (χ1) is 6.77. The van der Waals surface area contributed by atoms with Crippen molar-refractivity contribution in [3.63, 3.8) is 0 Å². The zero-order valence-electron chi connectivity index (χ0n) is 8.53. The molecule has 0 aliphatic carbocycles. The maximum Gasteiger partial charge on any atom is 0.129 e. The van der Waals surface area contributed by atoms with E-state index in [-0.39, 0.29) is 12.6 Å². The lowest BCUT2D eigenvalue weighted by Crippen LogP contribution is -2.29. The number of aromatic nitrogens is 1. The molecule has 0 aliphatic heterocycles. The number of aliphatic hydroxyl groups is 1. The number of hydrogen-bond acceptors (Lipinski definition) is 4. The Hall–Kier alpha value is -1.13. The van der Waals surface area contributed by atoms with E-state index in [1.807, 2.05) is 19.1 Å². The Morgan fingerprint density at radius 3 is 3.00 bits per heavy atom. The zero-order chi connectivity index (χ0) is 10.4. The van der Waals surface area contributed by atoms with Gasteiger partial charge in [-0.2, -0.15) is 0 Å². The molecule has 0 spiro atoms. The van der Waals surface area contributed by atoms with Gasteiger partial charge in [0.2, 0.25) is 0 Å². The van der Waals surface area contributed by atoms with Gasteiger partial charge in [-0.3, -0.25) is 0 Å². The van der Waals surface area contributed by atoms with E-state index in [9.17, 15) is 0 Å². The van der Waals surface area contributed by atoms with Gasteiger partial charge in [0.15, 0.2) is 0 Å². The molecule has 4 nitrogen and oxygen atoms in total. The van der Waals surface area contributed by atoms with E-state index in [1.54, 1.807) is 13.3 Å². The number of ether oxygens (including phenoxy) is 1. The number of methoxy groups -OCH3 is 1. The van der Waals surface area contributed by atoms with E-state index in [0.29, 0.717) is 6.61 Å². The molecule has 14 heavy (non-hydrogen) atoms. The Bertz CT molecular complexity index is 279. The van der Waals surface area contributed by atoms with E-state index in [1.165, 1.54) is 0 Å². The van der Waals surface area contributed by atoms with Crippen LogP contribution in [0.1, 0.15) is 5.56 Å². The molecule has 78 valence electrons. The highest BCUT2D eigenvalue weighted by Gasteiger charge is 2.08. The van der Waals surface area contributed by atoms with E-state index in [2.05, 4.69) is 10.3 Å². The fourth-order valence-electron chi connectivity index (χ4n) is 1.17. The molecular weight excluding hydrogens is 180 g/mol. The minimum atomic E-state index is -0.103. The Balaban J connectivity index is 2.62. The number of nitrogens with one attached hydrogen (secondary N) is 1. The summed E-state index contributed by atoms with van der Waals surface area (Å²) in [6.45, 7) is 2.47. The Morgan fingerprint density at radius 1 is 1.64 bits per heavy atom. The average molecular weight is 196 g/mol. The minimum absolute atomic E-state index is 0.0316. The van der Waals surface area contributed by atoms with Gasteiger partial charge in [0, 0.05) is 13.3 Å². The van der Waals surface area contributed by atoms with Crippen LogP contribution in [-0.2, 0) is 4.74 Å². The molecule has 1 atom stereocenters. The Morgan fingerprint density at radius 2 is 2.43 bits per heavy atom. The van der Waals surface area contributed by atoms with Crippen molar-refractivity contribution in [3.8, 4) is 0 Å². The highest BCUT2D eigenvalue weighted by Crippen LogP contribution is 2.10. The van der Waals surface area contributed by atoms with Crippen molar-refractivity contribution in [1.82, 2.24) is 4.98 Å².